The molecule has 6 nitrogen and oxygen atoms in total. The topological polar surface area (TPSA) is 74.8 Å². The lowest BCUT2D eigenvalue weighted by Gasteiger charge is -2.39. The van der Waals surface area contributed by atoms with E-state index in [0.717, 1.165) is 31.6 Å². The highest BCUT2D eigenvalue weighted by molar-refractivity contribution is 7.96. The monoisotopic (exact) mass is 462 g/mol. The minimum atomic E-state index is -3.73. The SMILES string of the molecule is CCc1ccc(S(=O)(=O)[C@H]2CS(=O)(=O)C[C@H]2N2CCN(Cc3ccccc3)CC2)cc1. The quantitative estimate of drug-likeness (QED) is 0.654. The van der Waals surface area contributed by atoms with E-state index in [-0.39, 0.29) is 16.4 Å². The van der Waals surface area contributed by atoms with E-state index in [1.165, 1.54) is 5.56 Å². The van der Waals surface area contributed by atoms with Gasteiger partial charge in [0.15, 0.2) is 19.7 Å². The van der Waals surface area contributed by atoms with Crippen molar-refractivity contribution in [1.29, 1.82) is 0 Å². The molecule has 0 N–H and O–H groups in total. The van der Waals surface area contributed by atoms with Crippen molar-refractivity contribution in [2.45, 2.75) is 36.1 Å². The van der Waals surface area contributed by atoms with E-state index >= 15 is 0 Å². The maximum absolute atomic E-state index is 13.4. The van der Waals surface area contributed by atoms with Gasteiger partial charge in [0.25, 0.3) is 0 Å². The molecule has 0 amide bonds. The number of hydrogen-bond donors (Lipinski definition) is 0. The van der Waals surface area contributed by atoms with E-state index in [1.54, 1.807) is 12.1 Å². The lowest BCUT2D eigenvalue weighted by atomic mass is 10.1. The van der Waals surface area contributed by atoms with Gasteiger partial charge in [-0.3, -0.25) is 9.80 Å². The van der Waals surface area contributed by atoms with Gasteiger partial charge in [0, 0.05) is 38.8 Å². The minimum absolute atomic E-state index is 0.0807. The zero-order valence-electron chi connectivity index (χ0n) is 17.9. The number of sulfone groups is 2. The fourth-order valence-corrected chi connectivity index (χ4v) is 9.45. The molecular formula is C23H30N2O4S2. The van der Waals surface area contributed by atoms with Crippen molar-refractivity contribution in [3.05, 3.63) is 65.7 Å². The van der Waals surface area contributed by atoms with Gasteiger partial charge >= 0.3 is 0 Å². The van der Waals surface area contributed by atoms with Crippen LogP contribution in [-0.4, -0.2) is 75.6 Å². The van der Waals surface area contributed by atoms with Gasteiger partial charge in [-0.1, -0.05) is 49.4 Å². The van der Waals surface area contributed by atoms with Crippen molar-refractivity contribution in [1.82, 2.24) is 9.80 Å². The third-order valence-corrected chi connectivity index (χ3v) is 10.6. The Morgan fingerprint density at radius 3 is 2.13 bits per heavy atom. The van der Waals surface area contributed by atoms with Crippen molar-refractivity contribution < 1.29 is 16.8 Å². The first-order valence-corrected chi connectivity index (χ1v) is 14.2. The predicted molar refractivity (Wildman–Crippen MR) is 123 cm³/mol. The fourth-order valence-electron chi connectivity index (χ4n) is 4.62. The number of hydrogen-bond acceptors (Lipinski definition) is 6. The lowest BCUT2D eigenvalue weighted by molar-refractivity contribution is 0.101. The lowest BCUT2D eigenvalue weighted by Crippen LogP contribution is -2.54. The molecule has 2 saturated heterocycles. The molecule has 2 aromatic rings. The van der Waals surface area contributed by atoms with Crippen LogP contribution in [0.3, 0.4) is 0 Å². The molecule has 0 aliphatic carbocycles. The molecule has 2 aliphatic rings. The summed E-state index contributed by atoms with van der Waals surface area (Å²) < 4.78 is 51.7. The van der Waals surface area contributed by atoms with Gasteiger partial charge in [-0.15, -0.1) is 0 Å². The molecular weight excluding hydrogens is 432 g/mol. The zero-order chi connectivity index (χ0) is 22.1. The van der Waals surface area contributed by atoms with E-state index in [1.807, 2.05) is 37.3 Å². The van der Waals surface area contributed by atoms with Crippen molar-refractivity contribution >= 4 is 19.7 Å². The first kappa shape index (κ1) is 22.5. The molecule has 2 aromatic carbocycles. The fraction of sp³-hybridized carbons (Fsp3) is 0.478. The van der Waals surface area contributed by atoms with Crippen molar-refractivity contribution in [2.75, 3.05) is 37.7 Å². The molecule has 4 rings (SSSR count). The molecule has 8 heteroatoms. The second kappa shape index (κ2) is 9.02. The Labute approximate surface area is 185 Å². The minimum Gasteiger partial charge on any atom is -0.297 e. The van der Waals surface area contributed by atoms with Crippen LogP contribution in [-0.2, 0) is 32.6 Å². The Hall–Kier alpha value is -1.74. The summed E-state index contributed by atoms with van der Waals surface area (Å²) in [6, 6.07) is 16.6. The molecule has 0 spiro atoms. The van der Waals surface area contributed by atoms with Crippen LogP contribution in [0, 0.1) is 0 Å². The third-order valence-electron chi connectivity index (χ3n) is 6.46. The van der Waals surface area contributed by atoms with Gasteiger partial charge in [0.1, 0.15) is 0 Å². The molecule has 2 atom stereocenters. The van der Waals surface area contributed by atoms with Crippen molar-refractivity contribution in [3.8, 4) is 0 Å². The summed E-state index contributed by atoms with van der Waals surface area (Å²) in [5.41, 5.74) is 2.31. The summed E-state index contributed by atoms with van der Waals surface area (Å²) in [7, 11) is -7.12. The van der Waals surface area contributed by atoms with Crippen LogP contribution < -0.4 is 0 Å². The number of nitrogens with zero attached hydrogens (tertiary/aromatic N) is 2. The van der Waals surface area contributed by atoms with Gasteiger partial charge in [0.05, 0.1) is 21.7 Å². The predicted octanol–water partition coefficient (Wildman–Crippen LogP) is 2.01. The van der Waals surface area contributed by atoms with E-state index in [0.29, 0.717) is 13.1 Å². The smallest absolute Gasteiger partial charge is 0.183 e. The van der Waals surface area contributed by atoms with E-state index in [9.17, 15) is 16.8 Å². The van der Waals surface area contributed by atoms with Gasteiger partial charge in [-0.2, -0.15) is 0 Å². The second-order valence-electron chi connectivity index (χ2n) is 8.52. The maximum Gasteiger partial charge on any atom is 0.183 e. The van der Waals surface area contributed by atoms with Gasteiger partial charge in [-0.05, 0) is 29.7 Å². The molecule has 0 unspecified atom stereocenters. The number of piperazine rings is 1. The van der Waals surface area contributed by atoms with Crippen LogP contribution in [0.4, 0.5) is 0 Å². The van der Waals surface area contributed by atoms with Crippen LogP contribution in [0.15, 0.2) is 59.5 Å². The highest BCUT2D eigenvalue weighted by Crippen LogP contribution is 2.30. The largest absolute Gasteiger partial charge is 0.297 e. The van der Waals surface area contributed by atoms with Crippen LogP contribution in [0.5, 0.6) is 0 Å². The standard InChI is InChI=1S/C23H30N2O4S2/c1-2-19-8-10-21(11-9-19)31(28,29)23-18-30(26,27)17-22(23)25-14-12-24(13-15-25)16-20-6-4-3-5-7-20/h3-11,22-23H,2,12-18H2,1H3/t22-,23+/m1/s1. The normalized spacial score (nSPS) is 24.9. The Morgan fingerprint density at radius 1 is 0.871 bits per heavy atom. The van der Waals surface area contributed by atoms with Crippen molar-refractivity contribution in [2.24, 2.45) is 0 Å². The number of aryl methyl sites for hydroxylation is 1. The molecule has 2 aliphatic heterocycles. The van der Waals surface area contributed by atoms with Crippen LogP contribution in [0.2, 0.25) is 0 Å². The third kappa shape index (κ3) is 5.03. The Bertz CT molecular complexity index is 1090. The van der Waals surface area contributed by atoms with E-state index < -0.39 is 31.0 Å². The summed E-state index contributed by atoms with van der Waals surface area (Å²) in [5.74, 6) is -0.373. The van der Waals surface area contributed by atoms with Crippen molar-refractivity contribution in [3.63, 3.8) is 0 Å². The van der Waals surface area contributed by atoms with E-state index in [2.05, 4.69) is 21.9 Å². The summed E-state index contributed by atoms with van der Waals surface area (Å²) in [4.78, 5) is 4.64. The Balaban J connectivity index is 1.49. The van der Waals surface area contributed by atoms with Crippen LogP contribution >= 0.6 is 0 Å². The van der Waals surface area contributed by atoms with Gasteiger partial charge in [0.2, 0.25) is 0 Å². The van der Waals surface area contributed by atoms with Gasteiger partial charge < -0.3 is 0 Å². The molecule has 2 heterocycles. The first-order valence-electron chi connectivity index (χ1n) is 10.8. The Morgan fingerprint density at radius 2 is 1.52 bits per heavy atom. The highest BCUT2D eigenvalue weighted by atomic mass is 32.2. The molecule has 2 fully saturated rings. The molecule has 31 heavy (non-hydrogen) atoms. The van der Waals surface area contributed by atoms with Crippen LogP contribution in [0.1, 0.15) is 18.1 Å². The zero-order valence-corrected chi connectivity index (χ0v) is 19.5. The Kier molecular flexibility index (Phi) is 6.53. The van der Waals surface area contributed by atoms with Gasteiger partial charge in [-0.25, -0.2) is 16.8 Å². The second-order valence-corrected chi connectivity index (χ2v) is 12.8. The molecule has 0 radical (unpaired) electrons. The average Bonchev–Trinajstić information content (AvgIpc) is 3.11. The first-order chi connectivity index (χ1) is 14.8. The highest BCUT2D eigenvalue weighted by Gasteiger charge is 2.48. The molecule has 0 aromatic heterocycles. The molecule has 0 saturated carbocycles. The van der Waals surface area contributed by atoms with E-state index in [4.69, 9.17) is 0 Å². The summed E-state index contributed by atoms with van der Waals surface area (Å²) in [6.07, 6.45) is 0.827. The number of benzene rings is 2. The maximum atomic E-state index is 13.4. The summed E-state index contributed by atoms with van der Waals surface area (Å²) >= 11 is 0. The molecule has 0 bridgehead atoms. The molecule has 168 valence electrons. The summed E-state index contributed by atoms with van der Waals surface area (Å²) in [6.45, 7) is 5.80. The summed E-state index contributed by atoms with van der Waals surface area (Å²) in [5, 5.41) is -0.911. The average molecular weight is 463 g/mol. The van der Waals surface area contributed by atoms with Crippen LogP contribution in [0.25, 0.3) is 0 Å². The number of rotatable bonds is 6.